The van der Waals surface area contributed by atoms with E-state index in [9.17, 15) is 4.39 Å². The molecule has 1 aliphatic rings. The topological polar surface area (TPSA) is 56.9 Å². The molecule has 7 heteroatoms. The molecular weight excluding hydrogens is 321 g/mol. The molecule has 0 amide bonds. The van der Waals surface area contributed by atoms with E-state index in [0.29, 0.717) is 6.54 Å². The second kappa shape index (κ2) is 7.55. The number of hydrogen-bond acceptors (Lipinski definition) is 4. The van der Waals surface area contributed by atoms with E-state index >= 15 is 0 Å². The molecule has 3 rings (SSSR count). The van der Waals surface area contributed by atoms with Crippen molar-refractivity contribution in [3.8, 4) is 0 Å². The number of aliphatic imine (C=N–C) groups is 1. The predicted molar refractivity (Wildman–Crippen MR) is 96.4 cm³/mol. The summed E-state index contributed by atoms with van der Waals surface area (Å²) in [5.74, 6) is 1.51. The average Bonchev–Trinajstić information content (AvgIpc) is 2.95. The Bertz CT molecular complexity index is 713. The number of benzene rings is 1. The summed E-state index contributed by atoms with van der Waals surface area (Å²) in [5, 5.41) is 7.37. The van der Waals surface area contributed by atoms with Gasteiger partial charge in [-0.3, -0.25) is 4.99 Å². The molecule has 25 heavy (non-hydrogen) atoms. The van der Waals surface area contributed by atoms with E-state index in [1.807, 2.05) is 26.0 Å². The molecule has 0 saturated carbocycles. The Balaban J connectivity index is 1.56. The van der Waals surface area contributed by atoms with Gasteiger partial charge in [0.1, 0.15) is 11.6 Å². The quantitative estimate of drug-likeness (QED) is 0.683. The first-order valence-electron chi connectivity index (χ1n) is 8.46. The Morgan fingerprint density at radius 3 is 2.44 bits per heavy atom. The summed E-state index contributed by atoms with van der Waals surface area (Å²) in [7, 11) is 1.79. The number of aromatic nitrogens is 1. The van der Waals surface area contributed by atoms with Gasteiger partial charge in [0.2, 0.25) is 0 Å². The third kappa shape index (κ3) is 3.92. The number of hydrogen-bond donors (Lipinski definition) is 1. The van der Waals surface area contributed by atoms with Crippen LogP contribution in [-0.2, 0) is 6.54 Å². The molecule has 0 spiro atoms. The first-order valence-corrected chi connectivity index (χ1v) is 8.46. The van der Waals surface area contributed by atoms with Gasteiger partial charge in [-0.2, -0.15) is 0 Å². The van der Waals surface area contributed by atoms with Crippen molar-refractivity contribution in [3.05, 3.63) is 47.1 Å². The van der Waals surface area contributed by atoms with Crippen LogP contribution in [0, 0.1) is 19.7 Å². The highest BCUT2D eigenvalue weighted by Crippen LogP contribution is 2.17. The third-order valence-electron chi connectivity index (χ3n) is 4.59. The van der Waals surface area contributed by atoms with Crippen LogP contribution in [0.4, 0.5) is 10.1 Å². The van der Waals surface area contributed by atoms with Crippen molar-refractivity contribution in [2.45, 2.75) is 20.4 Å². The number of rotatable bonds is 3. The van der Waals surface area contributed by atoms with Crippen molar-refractivity contribution >= 4 is 11.6 Å². The Labute approximate surface area is 147 Å². The highest BCUT2D eigenvalue weighted by atomic mass is 19.1. The molecule has 0 unspecified atom stereocenters. The monoisotopic (exact) mass is 345 g/mol. The van der Waals surface area contributed by atoms with Gasteiger partial charge in [0.15, 0.2) is 5.96 Å². The number of piperazine rings is 1. The molecule has 0 atom stereocenters. The summed E-state index contributed by atoms with van der Waals surface area (Å²) in [6.45, 7) is 7.97. The highest BCUT2D eigenvalue weighted by molar-refractivity contribution is 5.80. The lowest BCUT2D eigenvalue weighted by Crippen LogP contribution is -2.52. The molecule has 134 valence electrons. The minimum absolute atomic E-state index is 0.202. The zero-order valence-electron chi connectivity index (χ0n) is 14.9. The maximum atomic E-state index is 13.1. The van der Waals surface area contributed by atoms with Crippen molar-refractivity contribution in [1.29, 1.82) is 0 Å². The summed E-state index contributed by atoms with van der Waals surface area (Å²) >= 11 is 0. The van der Waals surface area contributed by atoms with Crippen LogP contribution in [0.2, 0.25) is 0 Å². The summed E-state index contributed by atoms with van der Waals surface area (Å²) < 4.78 is 18.3. The van der Waals surface area contributed by atoms with Crippen LogP contribution >= 0.6 is 0 Å². The maximum Gasteiger partial charge on any atom is 0.194 e. The second-order valence-corrected chi connectivity index (χ2v) is 6.15. The molecule has 0 radical (unpaired) electrons. The van der Waals surface area contributed by atoms with Gasteiger partial charge in [0, 0.05) is 51.0 Å². The molecule has 2 heterocycles. The molecule has 1 fully saturated rings. The molecule has 6 nitrogen and oxygen atoms in total. The predicted octanol–water partition coefficient (Wildman–Crippen LogP) is 2.33. The van der Waals surface area contributed by atoms with Gasteiger partial charge >= 0.3 is 0 Å². The number of halogens is 1. The minimum atomic E-state index is -0.202. The van der Waals surface area contributed by atoms with E-state index in [0.717, 1.165) is 54.8 Å². The molecule has 0 bridgehead atoms. The van der Waals surface area contributed by atoms with E-state index in [-0.39, 0.29) is 5.82 Å². The van der Waals surface area contributed by atoms with E-state index in [1.54, 1.807) is 7.05 Å². The van der Waals surface area contributed by atoms with Crippen molar-refractivity contribution in [3.63, 3.8) is 0 Å². The van der Waals surface area contributed by atoms with E-state index in [4.69, 9.17) is 4.52 Å². The van der Waals surface area contributed by atoms with Crippen LogP contribution in [0.1, 0.15) is 17.0 Å². The fraction of sp³-hybridized carbons (Fsp3) is 0.444. The Kier molecular flexibility index (Phi) is 5.21. The van der Waals surface area contributed by atoms with Gasteiger partial charge in [-0.05, 0) is 38.1 Å². The average molecular weight is 345 g/mol. The normalized spacial score (nSPS) is 15.6. The van der Waals surface area contributed by atoms with Crippen molar-refractivity contribution in [1.82, 2.24) is 15.4 Å². The van der Waals surface area contributed by atoms with Gasteiger partial charge in [-0.25, -0.2) is 4.39 Å². The Morgan fingerprint density at radius 1 is 1.20 bits per heavy atom. The second-order valence-electron chi connectivity index (χ2n) is 6.15. The zero-order valence-corrected chi connectivity index (χ0v) is 14.9. The Hall–Kier alpha value is -2.57. The summed E-state index contributed by atoms with van der Waals surface area (Å²) in [6.07, 6.45) is 0. The fourth-order valence-corrected chi connectivity index (χ4v) is 3.08. The van der Waals surface area contributed by atoms with Gasteiger partial charge in [-0.15, -0.1) is 0 Å². The van der Waals surface area contributed by atoms with E-state index in [2.05, 4.69) is 25.3 Å². The van der Waals surface area contributed by atoms with E-state index in [1.165, 1.54) is 12.1 Å². The summed E-state index contributed by atoms with van der Waals surface area (Å²) in [4.78, 5) is 8.89. The summed E-state index contributed by atoms with van der Waals surface area (Å²) in [6, 6.07) is 6.67. The van der Waals surface area contributed by atoms with Crippen molar-refractivity contribution < 1.29 is 8.91 Å². The van der Waals surface area contributed by atoms with Gasteiger partial charge in [0.25, 0.3) is 0 Å². The molecule has 1 saturated heterocycles. The minimum Gasteiger partial charge on any atom is -0.368 e. The Morgan fingerprint density at radius 2 is 1.88 bits per heavy atom. The number of guanidine groups is 1. The lowest BCUT2D eigenvalue weighted by Gasteiger charge is -2.37. The molecule has 1 aromatic carbocycles. The van der Waals surface area contributed by atoms with Gasteiger partial charge < -0.3 is 19.6 Å². The molecule has 1 N–H and O–H groups in total. The number of aryl methyl sites for hydroxylation is 2. The summed E-state index contributed by atoms with van der Waals surface area (Å²) in [5.41, 5.74) is 3.03. The number of nitrogens with one attached hydrogen (secondary N) is 1. The fourth-order valence-electron chi connectivity index (χ4n) is 3.08. The van der Waals surface area contributed by atoms with Crippen molar-refractivity contribution in [2.75, 3.05) is 38.1 Å². The first kappa shape index (κ1) is 17.3. The van der Waals surface area contributed by atoms with Gasteiger partial charge in [-0.1, -0.05) is 5.16 Å². The molecule has 1 aromatic heterocycles. The van der Waals surface area contributed by atoms with Crippen LogP contribution in [-0.4, -0.2) is 49.2 Å². The van der Waals surface area contributed by atoms with E-state index < -0.39 is 0 Å². The molecular formula is C18H24FN5O. The highest BCUT2D eigenvalue weighted by Gasteiger charge is 2.20. The van der Waals surface area contributed by atoms with Crippen molar-refractivity contribution in [2.24, 2.45) is 4.99 Å². The first-order chi connectivity index (χ1) is 12.1. The third-order valence-corrected chi connectivity index (χ3v) is 4.59. The standard InChI is InChI=1S/C18H24FN5O/c1-13-17(14(2)25-22-13)12-21-18(20-3)24-10-8-23(9-11-24)16-6-4-15(19)5-7-16/h4-7H,8-12H2,1-3H3,(H,20,21). The number of nitrogens with zero attached hydrogens (tertiary/aromatic N) is 4. The largest absolute Gasteiger partial charge is 0.368 e. The maximum absolute atomic E-state index is 13.1. The lowest BCUT2D eigenvalue weighted by atomic mass is 10.2. The smallest absolute Gasteiger partial charge is 0.194 e. The SMILES string of the molecule is CN=C(NCc1c(C)noc1C)N1CCN(c2ccc(F)cc2)CC1. The lowest BCUT2D eigenvalue weighted by molar-refractivity contribution is 0.372. The van der Waals surface area contributed by atoms with Crippen LogP contribution in [0.3, 0.4) is 0 Å². The zero-order chi connectivity index (χ0) is 17.8. The number of anilines is 1. The van der Waals surface area contributed by atoms with Crippen LogP contribution in [0.15, 0.2) is 33.8 Å². The van der Waals surface area contributed by atoms with Crippen LogP contribution < -0.4 is 10.2 Å². The molecule has 1 aliphatic heterocycles. The van der Waals surface area contributed by atoms with Crippen LogP contribution in [0.25, 0.3) is 0 Å². The van der Waals surface area contributed by atoms with Crippen LogP contribution in [0.5, 0.6) is 0 Å². The molecule has 2 aromatic rings. The molecule has 0 aliphatic carbocycles. The van der Waals surface area contributed by atoms with Gasteiger partial charge in [0.05, 0.1) is 5.69 Å².